The Morgan fingerprint density at radius 1 is 1.19 bits per heavy atom. The average Bonchev–Trinajstić information content (AvgIpc) is 2.91. The van der Waals surface area contributed by atoms with E-state index in [4.69, 9.17) is 4.74 Å². The summed E-state index contributed by atoms with van der Waals surface area (Å²) >= 11 is 0. The summed E-state index contributed by atoms with van der Waals surface area (Å²) < 4.78 is 6.88. The first-order chi connectivity index (χ1) is 10.3. The van der Waals surface area contributed by atoms with Crippen LogP contribution in [0, 0.1) is 0 Å². The largest absolute Gasteiger partial charge is 0.435 e. The number of hydrogen-bond acceptors (Lipinski definition) is 3. The van der Waals surface area contributed by atoms with Gasteiger partial charge in [-0.3, -0.25) is 4.79 Å². The van der Waals surface area contributed by atoms with Gasteiger partial charge in [0.25, 0.3) is 0 Å². The van der Waals surface area contributed by atoms with Crippen molar-refractivity contribution >= 4 is 23.1 Å². The van der Waals surface area contributed by atoms with Crippen LogP contribution in [0.4, 0.5) is 0 Å². The number of esters is 1. The van der Waals surface area contributed by atoms with Gasteiger partial charge in [0.2, 0.25) is 0 Å². The molecular formula is C17H14N2O2. The lowest BCUT2D eigenvalue weighted by atomic mass is 10.1. The predicted octanol–water partition coefficient (Wildman–Crippen LogP) is 3.56. The van der Waals surface area contributed by atoms with Crippen LogP contribution in [0.5, 0.6) is 0 Å². The normalized spacial score (nSPS) is 11.1. The molecule has 0 spiro atoms. The smallest absolute Gasteiger partial charge is 0.307 e. The number of fused-ring (bicyclic) bond motifs is 1. The molecule has 0 saturated heterocycles. The summed E-state index contributed by atoms with van der Waals surface area (Å²) in [6.07, 6.45) is 6.93. The maximum Gasteiger partial charge on any atom is 0.307 e. The van der Waals surface area contributed by atoms with Gasteiger partial charge in [0.1, 0.15) is 5.65 Å². The third kappa shape index (κ3) is 2.69. The van der Waals surface area contributed by atoms with Crippen LogP contribution in [0.3, 0.4) is 0 Å². The van der Waals surface area contributed by atoms with E-state index in [-0.39, 0.29) is 5.97 Å². The molecular weight excluding hydrogens is 264 g/mol. The highest BCUT2D eigenvalue weighted by atomic mass is 16.5. The molecule has 0 aliphatic carbocycles. The Hall–Kier alpha value is -2.88. The molecule has 4 heteroatoms. The molecule has 1 aromatic carbocycles. The summed E-state index contributed by atoms with van der Waals surface area (Å²) in [5.41, 5.74) is 2.82. The summed E-state index contributed by atoms with van der Waals surface area (Å²) in [6, 6.07) is 13.8. The quantitative estimate of drug-likeness (QED) is 0.543. The lowest BCUT2D eigenvalue weighted by Gasteiger charge is -2.08. The van der Waals surface area contributed by atoms with Crippen molar-refractivity contribution in [2.24, 2.45) is 0 Å². The number of ether oxygens (including phenoxy) is 1. The lowest BCUT2D eigenvalue weighted by Crippen LogP contribution is -1.96. The molecule has 3 rings (SSSR count). The van der Waals surface area contributed by atoms with E-state index in [0.717, 1.165) is 22.3 Å². The van der Waals surface area contributed by atoms with E-state index in [1.165, 1.54) is 13.2 Å². The second-order valence-corrected chi connectivity index (χ2v) is 4.57. The van der Waals surface area contributed by atoms with Gasteiger partial charge < -0.3 is 9.30 Å². The molecule has 0 saturated carbocycles. The molecule has 0 amide bonds. The van der Waals surface area contributed by atoms with Crippen LogP contribution in [-0.2, 0) is 9.53 Å². The maximum atomic E-state index is 10.8. The minimum absolute atomic E-state index is 0.336. The van der Waals surface area contributed by atoms with Crippen molar-refractivity contribution in [2.45, 2.75) is 6.92 Å². The van der Waals surface area contributed by atoms with Gasteiger partial charge in [-0.05, 0) is 30.3 Å². The van der Waals surface area contributed by atoms with E-state index in [1.807, 2.05) is 53.2 Å². The van der Waals surface area contributed by atoms with Crippen LogP contribution >= 0.6 is 0 Å². The first-order valence-electron chi connectivity index (χ1n) is 6.61. The van der Waals surface area contributed by atoms with Crippen molar-refractivity contribution in [2.75, 3.05) is 0 Å². The number of aromatic nitrogens is 2. The zero-order valence-corrected chi connectivity index (χ0v) is 11.6. The molecule has 104 valence electrons. The fourth-order valence-electron chi connectivity index (χ4n) is 2.21. The zero-order valence-electron chi connectivity index (χ0n) is 11.6. The van der Waals surface area contributed by atoms with Crippen molar-refractivity contribution in [1.29, 1.82) is 0 Å². The molecule has 0 bridgehead atoms. The van der Waals surface area contributed by atoms with E-state index in [1.54, 1.807) is 12.3 Å². The lowest BCUT2D eigenvalue weighted by molar-refractivity contribution is -0.135. The molecule has 4 nitrogen and oxygen atoms in total. The second-order valence-electron chi connectivity index (χ2n) is 4.57. The Labute approximate surface area is 122 Å². The number of carbonyl (C=O) groups is 1. The fourth-order valence-corrected chi connectivity index (χ4v) is 2.21. The zero-order chi connectivity index (χ0) is 14.7. The SMILES string of the molecule is CC(=O)O/C=C/c1ccccc1-n1ccc2cccnc21. The number of carbonyl (C=O) groups excluding carboxylic acids is 1. The van der Waals surface area contributed by atoms with Crippen molar-refractivity contribution in [3.63, 3.8) is 0 Å². The number of nitrogens with zero attached hydrogens (tertiary/aromatic N) is 2. The standard InChI is InChI=1S/C17H14N2O2/c1-13(20)21-12-9-14-5-2-3-7-16(14)19-11-8-15-6-4-10-18-17(15)19/h2-12H,1H3/b12-9+. The van der Waals surface area contributed by atoms with Crippen molar-refractivity contribution < 1.29 is 9.53 Å². The van der Waals surface area contributed by atoms with E-state index >= 15 is 0 Å². The minimum atomic E-state index is -0.336. The van der Waals surface area contributed by atoms with E-state index in [2.05, 4.69) is 4.98 Å². The Morgan fingerprint density at radius 3 is 2.90 bits per heavy atom. The summed E-state index contributed by atoms with van der Waals surface area (Å²) in [5, 5.41) is 1.08. The molecule has 3 aromatic rings. The van der Waals surface area contributed by atoms with Crippen LogP contribution in [0.2, 0.25) is 0 Å². The monoisotopic (exact) mass is 278 g/mol. The number of para-hydroxylation sites is 1. The van der Waals surface area contributed by atoms with Gasteiger partial charge in [0, 0.05) is 30.3 Å². The summed E-state index contributed by atoms with van der Waals surface area (Å²) in [5.74, 6) is -0.336. The summed E-state index contributed by atoms with van der Waals surface area (Å²) in [4.78, 5) is 15.3. The molecule has 0 atom stereocenters. The first kappa shape index (κ1) is 13.1. The fraction of sp³-hybridized carbons (Fsp3) is 0.0588. The van der Waals surface area contributed by atoms with Crippen LogP contribution < -0.4 is 0 Å². The first-order valence-corrected chi connectivity index (χ1v) is 6.61. The highest BCUT2D eigenvalue weighted by molar-refractivity contribution is 5.79. The number of benzene rings is 1. The van der Waals surface area contributed by atoms with Gasteiger partial charge in [-0.15, -0.1) is 0 Å². The maximum absolute atomic E-state index is 10.8. The molecule has 0 aliphatic rings. The van der Waals surface area contributed by atoms with Gasteiger partial charge >= 0.3 is 5.97 Å². The second kappa shape index (κ2) is 5.63. The molecule has 0 N–H and O–H groups in total. The Bertz CT molecular complexity index is 818. The molecule has 0 unspecified atom stereocenters. The molecule has 2 aromatic heterocycles. The highest BCUT2D eigenvalue weighted by Crippen LogP contribution is 2.22. The Balaban J connectivity index is 2.06. The van der Waals surface area contributed by atoms with Gasteiger partial charge in [0.15, 0.2) is 0 Å². The van der Waals surface area contributed by atoms with Crippen LogP contribution in [0.25, 0.3) is 22.8 Å². The van der Waals surface area contributed by atoms with Gasteiger partial charge in [-0.1, -0.05) is 18.2 Å². The summed E-state index contributed by atoms with van der Waals surface area (Å²) in [7, 11) is 0. The molecule has 0 aliphatic heterocycles. The van der Waals surface area contributed by atoms with Gasteiger partial charge in [0.05, 0.1) is 11.9 Å². The van der Waals surface area contributed by atoms with Gasteiger partial charge in [-0.2, -0.15) is 0 Å². The number of hydrogen-bond donors (Lipinski definition) is 0. The minimum Gasteiger partial charge on any atom is -0.435 e. The van der Waals surface area contributed by atoms with Crippen molar-refractivity contribution in [3.05, 3.63) is 66.7 Å². The van der Waals surface area contributed by atoms with Crippen molar-refractivity contribution in [1.82, 2.24) is 9.55 Å². The van der Waals surface area contributed by atoms with Gasteiger partial charge in [-0.25, -0.2) is 4.98 Å². The van der Waals surface area contributed by atoms with E-state index in [0.29, 0.717) is 0 Å². The van der Waals surface area contributed by atoms with E-state index in [9.17, 15) is 4.79 Å². The number of rotatable bonds is 3. The highest BCUT2D eigenvalue weighted by Gasteiger charge is 2.06. The average molecular weight is 278 g/mol. The molecule has 0 fully saturated rings. The molecule has 0 radical (unpaired) electrons. The Kier molecular flexibility index (Phi) is 3.51. The third-order valence-corrected chi connectivity index (χ3v) is 3.13. The molecule has 21 heavy (non-hydrogen) atoms. The Morgan fingerprint density at radius 2 is 2.05 bits per heavy atom. The van der Waals surface area contributed by atoms with Crippen LogP contribution in [-0.4, -0.2) is 15.5 Å². The summed E-state index contributed by atoms with van der Waals surface area (Å²) in [6.45, 7) is 1.37. The van der Waals surface area contributed by atoms with Crippen molar-refractivity contribution in [3.8, 4) is 5.69 Å². The predicted molar refractivity (Wildman–Crippen MR) is 81.9 cm³/mol. The molecule has 2 heterocycles. The van der Waals surface area contributed by atoms with E-state index < -0.39 is 0 Å². The third-order valence-electron chi connectivity index (χ3n) is 3.13. The topological polar surface area (TPSA) is 44.1 Å². The van der Waals surface area contributed by atoms with Crippen LogP contribution in [0.15, 0.2) is 61.1 Å². The number of pyridine rings is 1. The van der Waals surface area contributed by atoms with Crippen LogP contribution in [0.1, 0.15) is 12.5 Å².